The Morgan fingerprint density at radius 2 is 2.09 bits per heavy atom. The molecule has 0 radical (unpaired) electrons. The van der Waals surface area contributed by atoms with Gasteiger partial charge in [0.1, 0.15) is 5.82 Å². The smallest absolute Gasteiger partial charge is 0.226 e. The number of nitrogens with one attached hydrogen (secondary N) is 2. The molecule has 5 heteroatoms. The molecule has 1 heterocycles. The predicted molar refractivity (Wildman–Crippen MR) is 85.2 cm³/mol. The van der Waals surface area contributed by atoms with Crippen molar-refractivity contribution in [3.05, 3.63) is 35.6 Å². The lowest BCUT2D eigenvalue weighted by Gasteiger charge is -2.37. The summed E-state index contributed by atoms with van der Waals surface area (Å²) in [6, 6.07) is 6.39. The number of carbonyl (C=O) groups excluding carboxylic acids is 2. The summed E-state index contributed by atoms with van der Waals surface area (Å²) in [6.07, 6.45) is 5.73. The second-order valence-corrected chi connectivity index (χ2v) is 6.83. The predicted octanol–water partition coefficient (Wildman–Crippen LogP) is 2.32. The van der Waals surface area contributed by atoms with E-state index in [1.165, 1.54) is 12.1 Å². The molecule has 1 aliphatic heterocycles. The number of carbonyl (C=O) groups is 2. The summed E-state index contributed by atoms with van der Waals surface area (Å²) in [7, 11) is 0. The molecule has 124 valence electrons. The molecule has 1 saturated carbocycles. The van der Waals surface area contributed by atoms with Crippen molar-refractivity contribution in [1.29, 1.82) is 0 Å². The van der Waals surface area contributed by atoms with Gasteiger partial charge in [-0.3, -0.25) is 9.59 Å². The normalized spacial score (nSPS) is 23.3. The molecule has 2 fully saturated rings. The minimum Gasteiger partial charge on any atom is -0.354 e. The highest BCUT2D eigenvalue weighted by molar-refractivity contribution is 5.85. The lowest BCUT2D eigenvalue weighted by molar-refractivity contribution is -0.133. The number of halogens is 1. The highest BCUT2D eigenvalue weighted by Crippen LogP contribution is 2.39. The summed E-state index contributed by atoms with van der Waals surface area (Å²) in [5, 5.41) is 5.78. The summed E-state index contributed by atoms with van der Waals surface area (Å²) < 4.78 is 13.5. The molecule has 2 N–H and O–H groups in total. The van der Waals surface area contributed by atoms with Gasteiger partial charge in [0, 0.05) is 13.0 Å². The third kappa shape index (κ3) is 3.71. The second kappa shape index (κ2) is 6.69. The minimum atomic E-state index is -0.475. The van der Waals surface area contributed by atoms with Gasteiger partial charge in [-0.2, -0.15) is 0 Å². The van der Waals surface area contributed by atoms with E-state index in [0.29, 0.717) is 19.4 Å². The van der Waals surface area contributed by atoms with Gasteiger partial charge in [0.25, 0.3) is 0 Å². The Balaban J connectivity index is 1.75. The van der Waals surface area contributed by atoms with E-state index < -0.39 is 5.41 Å². The van der Waals surface area contributed by atoms with Crippen LogP contribution >= 0.6 is 0 Å². The van der Waals surface area contributed by atoms with Crippen LogP contribution in [0.2, 0.25) is 0 Å². The van der Waals surface area contributed by atoms with Crippen LogP contribution in [0.4, 0.5) is 4.39 Å². The number of hydrogen-bond acceptors (Lipinski definition) is 2. The van der Waals surface area contributed by atoms with E-state index in [0.717, 1.165) is 37.7 Å². The fourth-order valence-electron chi connectivity index (χ4n) is 3.80. The molecule has 2 amide bonds. The van der Waals surface area contributed by atoms with Crippen LogP contribution in [0.25, 0.3) is 0 Å². The van der Waals surface area contributed by atoms with Crippen LogP contribution in [0.15, 0.2) is 24.3 Å². The van der Waals surface area contributed by atoms with Crippen LogP contribution < -0.4 is 10.6 Å². The summed E-state index contributed by atoms with van der Waals surface area (Å²) >= 11 is 0. The third-order valence-electron chi connectivity index (χ3n) is 5.04. The summed E-state index contributed by atoms with van der Waals surface area (Å²) in [6.45, 7) is 0.501. The van der Waals surface area contributed by atoms with Crippen molar-refractivity contribution in [2.75, 3.05) is 6.54 Å². The maximum absolute atomic E-state index is 13.5. The SMILES string of the molecule is O=C1CC(NC(=O)C2(Cc3cccc(F)c3)CCCCC2)CN1. The van der Waals surface area contributed by atoms with E-state index in [2.05, 4.69) is 10.6 Å². The first-order chi connectivity index (χ1) is 11.1. The molecule has 1 saturated heterocycles. The first kappa shape index (κ1) is 16.0. The zero-order chi connectivity index (χ0) is 16.3. The Hall–Kier alpha value is -1.91. The maximum Gasteiger partial charge on any atom is 0.226 e. The number of hydrogen-bond donors (Lipinski definition) is 2. The Labute approximate surface area is 135 Å². The van der Waals surface area contributed by atoms with Crippen LogP contribution in [0.5, 0.6) is 0 Å². The molecule has 0 aromatic heterocycles. The minimum absolute atomic E-state index is 0.0156. The molecule has 1 aromatic carbocycles. The van der Waals surface area contributed by atoms with Gasteiger partial charge in [0.05, 0.1) is 11.5 Å². The molecule has 23 heavy (non-hydrogen) atoms. The Kier molecular flexibility index (Phi) is 4.64. The monoisotopic (exact) mass is 318 g/mol. The van der Waals surface area contributed by atoms with Crippen LogP contribution in [-0.4, -0.2) is 24.4 Å². The molecule has 1 aliphatic carbocycles. The molecule has 1 unspecified atom stereocenters. The lowest BCUT2D eigenvalue weighted by Crippen LogP contribution is -2.48. The van der Waals surface area contributed by atoms with E-state index >= 15 is 0 Å². The molecule has 0 spiro atoms. The van der Waals surface area contributed by atoms with Gasteiger partial charge in [-0.05, 0) is 37.0 Å². The van der Waals surface area contributed by atoms with Gasteiger partial charge in [0.2, 0.25) is 11.8 Å². The molecule has 0 bridgehead atoms. The quantitative estimate of drug-likeness (QED) is 0.895. The van der Waals surface area contributed by atoms with Crippen molar-refractivity contribution in [2.24, 2.45) is 5.41 Å². The van der Waals surface area contributed by atoms with Gasteiger partial charge < -0.3 is 10.6 Å². The molecule has 3 rings (SSSR count). The standard InChI is InChI=1S/C18H23FN2O2/c19-14-6-4-5-13(9-14)11-18(7-2-1-3-8-18)17(23)21-15-10-16(22)20-12-15/h4-6,9,15H,1-3,7-8,10-12H2,(H,20,22)(H,21,23). The molecular weight excluding hydrogens is 295 g/mol. The van der Waals surface area contributed by atoms with Crippen molar-refractivity contribution in [3.63, 3.8) is 0 Å². The molecule has 2 aliphatic rings. The second-order valence-electron chi connectivity index (χ2n) is 6.83. The average Bonchev–Trinajstić information content (AvgIpc) is 2.93. The average molecular weight is 318 g/mol. The van der Waals surface area contributed by atoms with Crippen molar-refractivity contribution in [1.82, 2.24) is 10.6 Å². The van der Waals surface area contributed by atoms with Crippen LogP contribution in [-0.2, 0) is 16.0 Å². The lowest BCUT2D eigenvalue weighted by atomic mass is 9.69. The van der Waals surface area contributed by atoms with Crippen molar-refractivity contribution in [2.45, 2.75) is 51.0 Å². The Bertz CT molecular complexity index is 596. The number of benzene rings is 1. The van der Waals surface area contributed by atoms with E-state index in [1.54, 1.807) is 6.07 Å². The zero-order valence-corrected chi connectivity index (χ0v) is 13.2. The topological polar surface area (TPSA) is 58.2 Å². The van der Waals surface area contributed by atoms with Crippen LogP contribution in [0.3, 0.4) is 0 Å². The van der Waals surface area contributed by atoms with Gasteiger partial charge in [-0.1, -0.05) is 31.4 Å². The number of amides is 2. The fraction of sp³-hybridized carbons (Fsp3) is 0.556. The van der Waals surface area contributed by atoms with Gasteiger partial charge in [0.15, 0.2) is 0 Å². The first-order valence-electron chi connectivity index (χ1n) is 8.40. The van der Waals surface area contributed by atoms with E-state index in [-0.39, 0.29) is 23.7 Å². The Morgan fingerprint density at radius 3 is 2.74 bits per heavy atom. The number of rotatable bonds is 4. The molecule has 1 aromatic rings. The van der Waals surface area contributed by atoms with Crippen LogP contribution in [0, 0.1) is 11.2 Å². The maximum atomic E-state index is 13.5. The summed E-state index contributed by atoms with van der Waals surface area (Å²) in [5.41, 5.74) is 0.389. The van der Waals surface area contributed by atoms with Crippen molar-refractivity contribution >= 4 is 11.8 Å². The molecular formula is C18H23FN2O2. The van der Waals surface area contributed by atoms with Crippen molar-refractivity contribution < 1.29 is 14.0 Å². The highest BCUT2D eigenvalue weighted by atomic mass is 19.1. The van der Waals surface area contributed by atoms with Gasteiger partial charge in [-0.15, -0.1) is 0 Å². The fourth-order valence-corrected chi connectivity index (χ4v) is 3.80. The van der Waals surface area contributed by atoms with E-state index in [9.17, 15) is 14.0 Å². The van der Waals surface area contributed by atoms with Gasteiger partial charge >= 0.3 is 0 Å². The zero-order valence-electron chi connectivity index (χ0n) is 13.2. The van der Waals surface area contributed by atoms with Crippen LogP contribution in [0.1, 0.15) is 44.1 Å². The van der Waals surface area contributed by atoms with E-state index in [4.69, 9.17) is 0 Å². The summed E-state index contributed by atoms with van der Waals surface area (Å²) in [4.78, 5) is 24.2. The Morgan fingerprint density at radius 1 is 1.30 bits per heavy atom. The largest absolute Gasteiger partial charge is 0.354 e. The highest BCUT2D eigenvalue weighted by Gasteiger charge is 2.40. The summed E-state index contributed by atoms with van der Waals surface area (Å²) in [5.74, 6) is -0.263. The first-order valence-corrected chi connectivity index (χ1v) is 8.40. The van der Waals surface area contributed by atoms with Crippen molar-refractivity contribution in [3.8, 4) is 0 Å². The molecule has 1 atom stereocenters. The molecule has 4 nitrogen and oxygen atoms in total. The third-order valence-corrected chi connectivity index (χ3v) is 5.04. The van der Waals surface area contributed by atoms with E-state index in [1.807, 2.05) is 6.07 Å². The van der Waals surface area contributed by atoms with Gasteiger partial charge in [-0.25, -0.2) is 4.39 Å².